The fourth-order valence-electron chi connectivity index (χ4n) is 2.87. The van der Waals surface area contributed by atoms with Crippen molar-refractivity contribution in [2.45, 2.75) is 50.3 Å². The summed E-state index contributed by atoms with van der Waals surface area (Å²) in [6.45, 7) is 4.06. The molecule has 0 saturated carbocycles. The van der Waals surface area contributed by atoms with Crippen LogP contribution in [0, 0.1) is 18.3 Å². The third kappa shape index (κ3) is 5.42. The molecule has 0 radical (unpaired) electrons. The quantitative estimate of drug-likeness (QED) is 0.463. The van der Waals surface area contributed by atoms with Crippen LogP contribution in [0.15, 0.2) is 53.4 Å². The van der Waals surface area contributed by atoms with Crippen LogP contribution < -0.4 is 0 Å². The zero-order valence-electron chi connectivity index (χ0n) is 15.3. The summed E-state index contributed by atoms with van der Waals surface area (Å²) in [5.74, 6) is -0.127. The fourth-order valence-corrected chi connectivity index (χ4v) is 3.82. The van der Waals surface area contributed by atoms with Crippen molar-refractivity contribution < 1.29 is 12.6 Å². The van der Waals surface area contributed by atoms with Gasteiger partial charge in [0, 0.05) is 5.92 Å². The van der Waals surface area contributed by atoms with Gasteiger partial charge in [0.05, 0.1) is 23.1 Å². The number of nitriles is 1. The van der Waals surface area contributed by atoms with E-state index < -0.39 is 10.1 Å². The molecular weight excluding hydrogens is 346 g/mol. The number of unbranched alkanes of at least 4 members (excludes halogenated alkanes) is 2. The van der Waals surface area contributed by atoms with E-state index in [-0.39, 0.29) is 17.4 Å². The Morgan fingerprint density at radius 1 is 1.08 bits per heavy atom. The predicted molar refractivity (Wildman–Crippen MR) is 102 cm³/mol. The van der Waals surface area contributed by atoms with Gasteiger partial charge in [0.15, 0.2) is 0 Å². The zero-order chi connectivity index (χ0) is 19.0. The molecule has 26 heavy (non-hydrogen) atoms. The highest BCUT2D eigenvalue weighted by Crippen LogP contribution is 2.27. The lowest BCUT2D eigenvalue weighted by Crippen LogP contribution is -2.15. The summed E-state index contributed by atoms with van der Waals surface area (Å²) in [4.78, 5) is 0.156. The monoisotopic (exact) mass is 371 g/mol. The summed E-state index contributed by atoms with van der Waals surface area (Å²) in [7, 11) is -3.81. The van der Waals surface area contributed by atoms with E-state index in [1.165, 1.54) is 0 Å². The van der Waals surface area contributed by atoms with Gasteiger partial charge in [-0.15, -0.1) is 0 Å². The Kier molecular flexibility index (Phi) is 7.38. The number of hydrogen-bond donors (Lipinski definition) is 0. The van der Waals surface area contributed by atoms with Gasteiger partial charge in [-0.05, 0) is 37.1 Å². The molecule has 2 rings (SSSR count). The molecule has 0 amide bonds. The average molecular weight is 372 g/mol. The molecule has 0 saturated heterocycles. The molecule has 4 nitrogen and oxygen atoms in total. The van der Waals surface area contributed by atoms with Crippen LogP contribution in [0.2, 0.25) is 0 Å². The smallest absolute Gasteiger partial charge is 0.266 e. The molecule has 0 N–H and O–H groups in total. The molecule has 1 unspecified atom stereocenters. The molecule has 0 aliphatic carbocycles. The van der Waals surface area contributed by atoms with Gasteiger partial charge < -0.3 is 0 Å². The van der Waals surface area contributed by atoms with Crippen LogP contribution in [0.1, 0.15) is 55.2 Å². The molecule has 5 heteroatoms. The van der Waals surface area contributed by atoms with Crippen LogP contribution in [0.25, 0.3) is 0 Å². The topological polar surface area (TPSA) is 67.2 Å². The van der Waals surface area contributed by atoms with Crippen LogP contribution >= 0.6 is 0 Å². The molecular formula is C21H25NO3S. The summed E-state index contributed by atoms with van der Waals surface area (Å²) in [6, 6.07) is 16.1. The Labute approximate surface area is 156 Å². The van der Waals surface area contributed by atoms with Gasteiger partial charge in [-0.2, -0.15) is 13.7 Å². The molecule has 1 atom stereocenters. The van der Waals surface area contributed by atoms with Gasteiger partial charge in [0.25, 0.3) is 10.1 Å². The Balaban J connectivity index is 2.18. The normalized spacial score (nSPS) is 12.5. The van der Waals surface area contributed by atoms with Crippen LogP contribution in [0.4, 0.5) is 0 Å². The van der Waals surface area contributed by atoms with E-state index in [0.29, 0.717) is 5.56 Å². The second-order valence-corrected chi connectivity index (χ2v) is 8.06. The van der Waals surface area contributed by atoms with E-state index >= 15 is 0 Å². The minimum Gasteiger partial charge on any atom is -0.266 e. The number of benzene rings is 2. The van der Waals surface area contributed by atoms with Gasteiger partial charge >= 0.3 is 0 Å². The summed E-state index contributed by atoms with van der Waals surface area (Å²) < 4.78 is 30.3. The van der Waals surface area contributed by atoms with Gasteiger partial charge in [-0.1, -0.05) is 62.1 Å². The van der Waals surface area contributed by atoms with Gasteiger partial charge in [0.1, 0.15) is 0 Å². The highest BCUT2D eigenvalue weighted by molar-refractivity contribution is 7.86. The minimum absolute atomic E-state index is 0.0403. The Hall–Kier alpha value is -2.16. The molecule has 0 aliphatic heterocycles. The van der Waals surface area contributed by atoms with Crippen LogP contribution in [-0.4, -0.2) is 15.0 Å². The lowest BCUT2D eigenvalue weighted by atomic mass is 9.91. The highest BCUT2D eigenvalue weighted by Gasteiger charge is 2.21. The van der Waals surface area contributed by atoms with Gasteiger partial charge in [-0.3, -0.25) is 4.18 Å². The maximum Gasteiger partial charge on any atom is 0.296 e. The van der Waals surface area contributed by atoms with Crippen molar-refractivity contribution in [3.05, 3.63) is 65.2 Å². The standard InChI is InChI=1S/C21H25NO3S/c1-3-4-5-9-19(21-10-7-6-8-18(21)15-22)16-25-26(23,24)20-13-11-17(2)12-14-20/h6-8,10-14,19H,3-5,9,16H2,1-2H3. The van der Waals surface area contributed by atoms with Crippen molar-refractivity contribution in [1.82, 2.24) is 0 Å². The second kappa shape index (κ2) is 9.51. The van der Waals surface area contributed by atoms with Gasteiger partial charge in [-0.25, -0.2) is 0 Å². The zero-order valence-corrected chi connectivity index (χ0v) is 16.1. The van der Waals surface area contributed by atoms with E-state index in [1.54, 1.807) is 30.3 Å². The lowest BCUT2D eigenvalue weighted by molar-refractivity contribution is 0.282. The van der Waals surface area contributed by atoms with Crippen molar-refractivity contribution >= 4 is 10.1 Å². The van der Waals surface area contributed by atoms with Crippen LogP contribution in [0.3, 0.4) is 0 Å². The molecule has 0 aliphatic rings. The molecule has 2 aromatic rings. The van der Waals surface area contributed by atoms with Crippen molar-refractivity contribution in [2.75, 3.05) is 6.61 Å². The van der Waals surface area contributed by atoms with Crippen molar-refractivity contribution in [1.29, 1.82) is 5.26 Å². The maximum absolute atomic E-state index is 12.5. The summed E-state index contributed by atoms with van der Waals surface area (Å²) in [6.07, 6.45) is 3.90. The number of rotatable bonds is 9. The first-order valence-electron chi connectivity index (χ1n) is 8.93. The third-order valence-corrected chi connectivity index (χ3v) is 5.71. The van der Waals surface area contributed by atoms with E-state index in [1.807, 2.05) is 25.1 Å². The van der Waals surface area contributed by atoms with Crippen LogP contribution in [-0.2, 0) is 14.3 Å². The molecule has 0 fully saturated rings. The highest BCUT2D eigenvalue weighted by atomic mass is 32.2. The molecule has 2 aromatic carbocycles. The SMILES string of the molecule is CCCCCC(COS(=O)(=O)c1ccc(C)cc1)c1ccccc1C#N. The molecule has 0 spiro atoms. The fraction of sp³-hybridized carbons (Fsp3) is 0.381. The minimum atomic E-state index is -3.81. The number of nitrogens with zero attached hydrogens (tertiary/aromatic N) is 1. The average Bonchev–Trinajstić information content (AvgIpc) is 2.65. The summed E-state index contributed by atoms with van der Waals surface area (Å²) in [5, 5.41) is 9.36. The molecule has 0 bridgehead atoms. The largest absolute Gasteiger partial charge is 0.296 e. The van der Waals surface area contributed by atoms with Crippen molar-refractivity contribution in [3.8, 4) is 6.07 Å². The summed E-state index contributed by atoms with van der Waals surface area (Å²) >= 11 is 0. The molecule has 0 aromatic heterocycles. The molecule has 0 heterocycles. The third-order valence-electron chi connectivity index (χ3n) is 4.41. The maximum atomic E-state index is 12.5. The number of aryl methyl sites for hydroxylation is 1. The van der Waals surface area contributed by atoms with Crippen molar-refractivity contribution in [3.63, 3.8) is 0 Å². The predicted octanol–water partition coefficient (Wildman–Crippen LogP) is 4.94. The van der Waals surface area contributed by atoms with E-state index in [0.717, 1.165) is 36.8 Å². The van der Waals surface area contributed by atoms with E-state index in [4.69, 9.17) is 4.18 Å². The van der Waals surface area contributed by atoms with Crippen molar-refractivity contribution in [2.24, 2.45) is 0 Å². The Morgan fingerprint density at radius 2 is 1.77 bits per heavy atom. The first-order chi connectivity index (χ1) is 12.5. The van der Waals surface area contributed by atoms with Gasteiger partial charge in [0.2, 0.25) is 0 Å². The summed E-state index contributed by atoms with van der Waals surface area (Å²) in [5.41, 5.74) is 2.42. The first kappa shape index (κ1) is 20.2. The number of hydrogen-bond acceptors (Lipinski definition) is 4. The Bertz CT molecular complexity index is 852. The lowest BCUT2D eigenvalue weighted by Gasteiger charge is -2.18. The van der Waals surface area contributed by atoms with E-state index in [9.17, 15) is 13.7 Å². The second-order valence-electron chi connectivity index (χ2n) is 6.44. The van der Waals surface area contributed by atoms with E-state index in [2.05, 4.69) is 13.0 Å². The molecule has 138 valence electrons. The first-order valence-corrected chi connectivity index (χ1v) is 10.3. The van der Waals surface area contributed by atoms with Crippen LogP contribution in [0.5, 0.6) is 0 Å². The Morgan fingerprint density at radius 3 is 2.42 bits per heavy atom.